The molecule has 1 aromatic rings. The molecule has 1 aliphatic heterocycles. The van der Waals surface area contributed by atoms with Crippen LogP contribution in [0.15, 0.2) is 16.1 Å². The SMILES string of the molecule is CC(CN)(NC(=O)c1cnc2n(c1=O)CCS2)C1CC1.Cl. The third-order valence-corrected chi connectivity index (χ3v) is 5.07. The van der Waals surface area contributed by atoms with E-state index in [9.17, 15) is 9.59 Å². The number of carbonyl (C=O) groups excluding carboxylic acids is 1. The first-order valence-corrected chi connectivity index (χ1v) is 7.79. The van der Waals surface area contributed by atoms with Gasteiger partial charge in [-0.25, -0.2) is 4.98 Å². The molecule has 1 unspecified atom stereocenters. The first kappa shape index (κ1) is 16.3. The Morgan fingerprint density at radius 1 is 1.62 bits per heavy atom. The molecule has 0 spiro atoms. The highest BCUT2D eigenvalue weighted by molar-refractivity contribution is 7.99. The maximum atomic E-state index is 12.3. The zero-order valence-corrected chi connectivity index (χ0v) is 13.4. The lowest BCUT2D eigenvalue weighted by atomic mass is 9.95. The molecule has 3 rings (SSSR count). The lowest BCUT2D eigenvalue weighted by molar-refractivity contribution is 0.0895. The number of hydrogen-bond donors (Lipinski definition) is 2. The molecule has 1 aromatic heterocycles. The van der Waals surface area contributed by atoms with Crippen LogP contribution in [0.25, 0.3) is 0 Å². The number of hydrogen-bond acceptors (Lipinski definition) is 5. The molecule has 1 saturated carbocycles. The Morgan fingerprint density at radius 2 is 2.33 bits per heavy atom. The minimum atomic E-state index is -0.429. The largest absolute Gasteiger partial charge is 0.345 e. The number of rotatable bonds is 4. The highest BCUT2D eigenvalue weighted by Crippen LogP contribution is 2.39. The van der Waals surface area contributed by atoms with Crippen molar-refractivity contribution in [2.24, 2.45) is 11.7 Å². The number of nitrogens with two attached hydrogens (primary N) is 1. The quantitative estimate of drug-likeness (QED) is 0.790. The maximum Gasteiger partial charge on any atom is 0.267 e. The fourth-order valence-corrected chi connectivity index (χ4v) is 3.45. The monoisotopic (exact) mass is 330 g/mol. The molecule has 1 aliphatic carbocycles. The van der Waals surface area contributed by atoms with E-state index >= 15 is 0 Å². The molecule has 116 valence electrons. The number of thioether (sulfide) groups is 1. The molecule has 21 heavy (non-hydrogen) atoms. The van der Waals surface area contributed by atoms with Crippen molar-refractivity contribution in [1.82, 2.24) is 14.9 Å². The van der Waals surface area contributed by atoms with Crippen molar-refractivity contribution in [3.63, 3.8) is 0 Å². The average molecular weight is 331 g/mol. The van der Waals surface area contributed by atoms with Crippen LogP contribution in [0.3, 0.4) is 0 Å². The Balaban J connectivity index is 0.00000161. The molecule has 3 N–H and O–H groups in total. The Morgan fingerprint density at radius 3 is 2.95 bits per heavy atom. The van der Waals surface area contributed by atoms with E-state index < -0.39 is 5.54 Å². The van der Waals surface area contributed by atoms with Crippen LogP contribution >= 0.6 is 24.2 Å². The van der Waals surface area contributed by atoms with Crippen molar-refractivity contribution in [1.29, 1.82) is 0 Å². The van der Waals surface area contributed by atoms with Crippen molar-refractivity contribution in [3.8, 4) is 0 Å². The van der Waals surface area contributed by atoms with Gasteiger partial charge in [-0.3, -0.25) is 14.2 Å². The minimum Gasteiger partial charge on any atom is -0.345 e. The lowest BCUT2D eigenvalue weighted by Crippen LogP contribution is -2.54. The number of amides is 1. The molecular weight excluding hydrogens is 312 g/mol. The van der Waals surface area contributed by atoms with Gasteiger partial charge < -0.3 is 11.1 Å². The number of nitrogens with zero attached hydrogens (tertiary/aromatic N) is 2. The van der Waals surface area contributed by atoms with Gasteiger partial charge in [-0.15, -0.1) is 12.4 Å². The van der Waals surface area contributed by atoms with E-state index in [4.69, 9.17) is 5.73 Å². The number of halogens is 1. The lowest BCUT2D eigenvalue weighted by Gasteiger charge is -2.29. The van der Waals surface area contributed by atoms with Crippen molar-refractivity contribution in [3.05, 3.63) is 22.1 Å². The second-order valence-electron chi connectivity index (χ2n) is 5.61. The Kier molecular flexibility index (Phi) is 4.65. The molecule has 1 atom stereocenters. The summed E-state index contributed by atoms with van der Waals surface area (Å²) >= 11 is 1.54. The minimum absolute atomic E-state index is 0. The van der Waals surface area contributed by atoms with Crippen LogP contribution in [0.4, 0.5) is 0 Å². The van der Waals surface area contributed by atoms with Crippen LogP contribution < -0.4 is 16.6 Å². The summed E-state index contributed by atoms with van der Waals surface area (Å²) in [6.07, 6.45) is 3.53. The van der Waals surface area contributed by atoms with Crippen molar-refractivity contribution >= 4 is 30.1 Å². The van der Waals surface area contributed by atoms with Crippen LogP contribution in [0.5, 0.6) is 0 Å². The summed E-state index contributed by atoms with van der Waals surface area (Å²) in [5.41, 5.74) is 5.21. The summed E-state index contributed by atoms with van der Waals surface area (Å²) in [6, 6.07) is 0. The van der Waals surface area contributed by atoms with Crippen molar-refractivity contribution < 1.29 is 4.79 Å². The van der Waals surface area contributed by atoms with Gasteiger partial charge in [-0.1, -0.05) is 11.8 Å². The van der Waals surface area contributed by atoms with Gasteiger partial charge in [-0.05, 0) is 25.7 Å². The third-order valence-electron chi connectivity index (χ3n) is 4.10. The van der Waals surface area contributed by atoms with E-state index in [1.807, 2.05) is 6.92 Å². The van der Waals surface area contributed by atoms with Crippen LogP contribution in [0, 0.1) is 5.92 Å². The van der Waals surface area contributed by atoms with Gasteiger partial charge in [0.05, 0.1) is 5.54 Å². The van der Waals surface area contributed by atoms with Crippen molar-refractivity contribution in [2.45, 2.75) is 37.0 Å². The molecule has 0 radical (unpaired) electrons. The zero-order chi connectivity index (χ0) is 14.3. The van der Waals surface area contributed by atoms with Crippen LogP contribution in [0.1, 0.15) is 30.1 Å². The van der Waals surface area contributed by atoms with E-state index in [2.05, 4.69) is 10.3 Å². The summed E-state index contributed by atoms with van der Waals surface area (Å²) in [5, 5.41) is 3.62. The summed E-state index contributed by atoms with van der Waals surface area (Å²) < 4.78 is 1.57. The predicted octanol–water partition coefficient (Wildman–Crippen LogP) is 0.628. The Hall–Kier alpha value is -1.05. The predicted molar refractivity (Wildman–Crippen MR) is 84.1 cm³/mol. The molecule has 0 saturated heterocycles. The maximum absolute atomic E-state index is 12.3. The smallest absolute Gasteiger partial charge is 0.267 e. The first-order valence-electron chi connectivity index (χ1n) is 6.80. The van der Waals surface area contributed by atoms with E-state index in [-0.39, 0.29) is 29.4 Å². The number of aromatic nitrogens is 2. The molecule has 2 heterocycles. The molecule has 8 heteroatoms. The molecule has 0 bridgehead atoms. The highest BCUT2D eigenvalue weighted by Gasteiger charge is 2.42. The fraction of sp³-hybridized carbons (Fsp3) is 0.615. The molecule has 6 nitrogen and oxygen atoms in total. The normalized spacial score (nSPS) is 19.3. The molecule has 2 aliphatic rings. The van der Waals surface area contributed by atoms with E-state index in [1.54, 1.807) is 4.57 Å². The summed E-state index contributed by atoms with van der Waals surface area (Å²) in [5.74, 6) is 0.877. The van der Waals surface area contributed by atoms with E-state index in [1.165, 1.54) is 18.0 Å². The topological polar surface area (TPSA) is 90.0 Å². The van der Waals surface area contributed by atoms with Crippen LogP contribution in [-0.4, -0.2) is 33.3 Å². The number of carbonyl (C=O) groups is 1. The van der Waals surface area contributed by atoms with Gasteiger partial charge in [0.15, 0.2) is 5.16 Å². The third kappa shape index (κ3) is 2.95. The standard InChI is InChI=1S/C13H18N4O2S.ClH/c1-13(7-14,8-2-3-8)16-10(18)9-6-15-12-17(11(9)19)4-5-20-12;/h6,8H,2-5,7,14H2,1H3,(H,16,18);1H. The average Bonchev–Trinajstić information content (AvgIpc) is 3.18. The molecule has 1 amide bonds. The Bertz CT molecular complexity index is 617. The highest BCUT2D eigenvalue weighted by atomic mass is 35.5. The van der Waals surface area contributed by atoms with Gasteiger partial charge in [0.1, 0.15) is 5.56 Å². The second-order valence-corrected chi connectivity index (χ2v) is 6.67. The number of nitrogens with one attached hydrogen (secondary N) is 1. The van der Waals surface area contributed by atoms with Gasteiger partial charge >= 0.3 is 0 Å². The summed E-state index contributed by atoms with van der Waals surface area (Å²) in [4.78, 5) is 28.8. The second kappa shape index (κ2) is 5.98. The molecule has 1 fully saturated rings. The summed E-state index contributed by atoms with van der Waals surface area (Å²) in [7, 11) is 0. The molecule has 0 aromatic carbocycles. The first-order chi connectivity index (χ1) is 9.55. The van der Waals surface area contributed by atoms with Crippen LogP contribution in [-0.2, 0) is 6.54 Å². The van der Waals surface area contributed by atoms with Gasteiger partial charge in [0.25, 0.3) is 11.5 Å². The van der Waals surface area contributed by atoms with Gasteiger partial charge in [0, 0.05) is 25.0 Å². The van der Waals surface area contributed by atoms with E-state index in [0.29, 0.717) is 24.2 Å². The van der Waals surface area contributed by atoms with E-state index in [0.717, 1.165) is 18.6 Å². The van der Waals surface area contributed by atoms with Crippen LogP contribution in [0.2, 0.25) is 0 Å². The fourth-order valence-electron chi connectivity index (χ4n) is 2.54. The van der Waals surface area contributed by atoms with Gasteiger partial charge in [-0.2, -0.15) is 0 Å². The zero-order valence-electron chi connectivity index (χ0n) is 11.8. The van der Waals surface area contributed by atoms with Crippen molar-refractivity contribution in [2.75, 3.05) is 12.3 Å². The van der Waals surface area contributed by atoms with Gasteiger partial charge in [0.2, 0.25) is 0 Å². The Labute approximate surface area is 133 Å². The number of fused-ring (bicyclic) bond motifs is 1. The summed E-state index contributed by atoms with van der Waals surface area (Å²) in [6.45, 7) is 2.93. The molecular formula is C13H19ClN4O2S.